The van der Waals surface area contributed by atoms with Crippen LogP contribution in [0.2, 0.25) is 5.02 Å². The molecule has 2 heterocycles. The molecule has 0 bridgehead atoms. The first-order valence-electron chi connectivity index (χ1n) is 6.54. The molecule has 2 aromatic heterocycles. The number of pyridine rings is 1. The molecule has 7 nitrogen and oxygen atoms in total. The molecule has 23 heavy (non-hydrogen) atoms. The van der Waals surface area contributed by atoms with Crippen molar-refractivity contribution in [2.45, 2.75) is 11.4 Å². The monoisotopic (exact) mass is 350 g/mol. The third kappa shape index (κ3) is 3.55. The summed E-state index contributed by atoms with van der Waals surface area (Å²) in [6, 6.07) is 11.4. The predicted molar refractivity (Wildman–Crippen MR) is 83.0 cm³/mol. The van der Waals surface area contributed by atoms with E-state index in [1.165, 1.54) is 12.1 Å². The molecular weight excluding hydrogens is 340 g/mol. The molecule has 0 aliphatic rings. The Kier molecular flexibility index (Phi) is 4.37. The van der Waals surface area contributed by atoms with Crippen LogP contribution in [0.25, 0.3) is 11.6 Å². The van der Waals surface area contributed by atoms with Gasteiger partial charge in [-0.15, -0.1) is 10.2 Å². The number of nitrogens with zero attached hydrogens (tertiary/aromatic N) is 3. The Morgan fingerprint density at radius 2 is 1.87 bits per heavy atom. The molecule has 1 aromatic carbocycles. The summed E-state index contributed by atoms with van der Waals surface area (Å²) in [5.41, 5.74) is 0.514. The lowest BCUT2D eigenvalue weighted by molar-refractivity contribution is 0.493. The number of rotatable bonds is 5. The van der Waals surface area contributed by atoms with Gasteiger partial charge in [0.1, 0.15) is 10.6 Å². The highest BCUT2D eigenvalue weighted by atomic mass is 35.5. The summed E-state index contributed by atoms with van der Waals surface area (Å²) in [4.78, 5) is 4.07. The quantitative estimate of drug-likeness (QED) is 0.758. The molecule has 9 heteroatoms. The van der Waals surface area contributed by atoms with Crippen molar-refractivity contribution < 1.29 is 12.8 Å². The SMILES string of the molecule is O=S(=O)(NCc1nnc(-c2ccccn2)o1)c1ccccc1Cl. The maximum Gasteiger partial charge on any atom is 0.266 e. The third-order valence-corrected chi connectivity index (χ3v) is 4.79. The van der Waals surface area contributed by atoms with E-state index in [-0.39, 0.29) is 28.2 Å². The summed E-state index contributed by atoms with van der Waals surface area (Å²) in [5.74, 6) is 0.346. The van der Waals surface area contributed by atoms with E-state index < -0.39 is 10.0 Å². The molecule has 3 rings (SSSR count). The molecule has 0 radical (unpaired) electrons. The fourth-order valence-corrected chi connectivity index (χ4v) is 3.31. The summed E-state index contributed by atoms with van der Waals surface area (Å²) >= 11 is 5.90. The second kappa shape index (κ2) is 6.45. The van der Waals surface area contributed by atoms with Crippen molar-refractivity contribution in [3.63, 3.8) is 0 Å². The second-order valence-electron chi connectivity index (χ2n) is 4.47. The lowest BCUT2D eigenvalue weighted by Crippen LogP contribution is -2.23. The zero-order chi connectivity index (χ0) is 16.3. The van der Waals surface area contributed by atoms with Crippen molar-refractivity contribution in [2.75, 3.05) is 0 Å². The molecule has 0 aliphatic heterocycles. The van der Waals surface area contributed by atoms with E-state index in [9.17, 15) is 8.42 Å². The van der Waals surface area contributed by atoms with Gasteiger partial charge in [0, 0.05) is 6.20 Å². The second-order valence-corrected chi connectivity index (χ2v) is 6.61. The van der Waals surface area contributed by atoms with Gasteiger partial charge in [0.05, 0.1) is 11.6 Å². The van der Waals surface area contributed by atoms with Crippen LogP contribution >= 0.6 is 11.6 Å². The Hall–Kier alpha value is -2.29. The van der Waals surface area contributed by atoms with Crippen LogP contribution in [0.15, 0.2) is 58.0 Å². The van der Waals surface area contributed by atoms with Crippen LogP contribution in [0, 0.1) is 0 Å². The highest BCUT2D eigenvalue weighted by Crippen LogP contribution is 2.20. The molecule has 118 valence electrons. The van der Waals surface area contributed by atoms with Crippen molar-refractivity contribution in [3.8, 4) is 11.6 Å². The van der Waals surface area contributed by atoms with E-state index in [2.05, 4.69) is 19.9 Å². The van der Waals surface area contributed by atoms with Crippen LogP contribution in [0.1, 0.15) is 5.89 Å². The summed E-state index contributed by atoms with van der Waals surface area (Å²) in [6.45, 7) is -0.145. The molecule has 0 unspecified atom stereocenters. The van der Waals surface area contributed by atoms with Crippen molar-refractivity contribution in [1.82, 2.24) is 19.9 Å². The maximum absolute atomic E-state index is 12.2. The summed E-state index contributed by atoms with van der Waals surface area (Å²) in [6.07, 6.45) is 1.60. The number of hydrogen-bond donors (Lipinski definition) is 1. The smallest absolute Gasteiger partial charge is 0.266 e. The first-order valence-corrected chi connectivity index (χ1v) is 8.40. The van der Waals surface area contributed by atoms with Crippen LogP contribution in [0.5, 0.6) is 0 Å². The summed E-state index contributed by atoms with van der Waals surface area (Å²) in [7, 11) is -3.77. The van der Waals surface area contributed by atoms with Gasteiger partial charge in [0.2, 0.25) is 15.9 Å². The molecule has 0 amide bonds. The number of nitrogens with one attached hydrogen (secondary N) is 1. The Bertz CT molecular complexity index is 913. The van der Waals surface area contributed by atoms with E-state index in [0.29, 0.717) is 5.69 Å². The van der Waals surface area contributed by atoms with E-state index in [1.807, 2.05) is 0 Å². The molecule has 0 atom stereocenters. The molecule has 1 N–H and O–H groups in total. The molecule has 0 spiro atoms. The van der Waals surface area contributed by atoms with Crippen molar-refractivity contribution in [2.24, 2.45) is 0 Å². The topological polar surface area (TPSA) is 98.0 Å². The molecule has 0 fully saturated rings. The van der Waals surface area contributed by atoms with Crippen LogP contribution in [-0.4, -0.2) is 23.6 Å². The summed E-state index contributed by atoms with van der Waals surface area (Å²) in [5, 5.41) is 7.77. The largest absolute Gasteiger partial charge is 0.418 e. The van der Waals surface area contributed by atoms with Crippen molar-refractivity contribution >= 4 is 21.6 Å². The number of benzene rings is 1. The lowest BCUT2D eigenvalue weighted by atomic mass is 10.3. The fourth-order valence-electron chi connectivity index (χ4n) is 1.81. The van der Waals surface area contributed by atoms with Gasteiger partial charge in [-0.05, 0) is 24.3 Å². The maximum atomic E-state index is 12.2. The highest BCUT2D eigenvalue weighted by Gasteiger charge is 2.18. The molecule has 0 aliphatic carbocycles. The van der Waals surface area contributed by atoms with Gasteiger partial charge >= 0.3 is 0 Å². The van der Waals surface area contributed by atoms with Crippen LogP contribution < -0.4 is 4.72 Å². The van der Waals surface area contributed by atoms with Gasteiger partial charge in [-0.25, -0.2) is 13.1 Å². The van der Waals surface area contributed by atoms with E-state index >= 15 is 0 Å². The number of halogens is 1. The van der Waals surface area contributed by atoms with Crippen LogP contribution in [0.3, 0.4) is 0 Å². The van der Waals surface area contributed by atoms with Gasteiger partial charge in [-0.1, -0.05) is 29.8 Å². The molecular formula is C14H11ClN4O3S. The van der Waals surface area contributed by atoms with Gasteiger partial charge in [0.25, 0.3) is 5.89 Å². The van der Waals surface area contributed by atoms with Crippen molar-refractivity contribution in [3.05, 3.63) is 59.6 Å². The van der Waals surface area contributed by atoms with E-state index in [4.69, 9.17) is 16.0 Å². The Labute approximate surface area is 137 Å². The molecule has 0 saturated carbocycles. The first-order chi connectivity index (χ1) is 11.1. The number of aromatic nitrogens is 3. The Balaban J connectivity index is 1.74. The van der Waals surface area contributed by atoms with E-state index in [1.54, 1.807) is 36.5 Å². The van der Waals surface area contributed by atoms with Gasteiger partial charge in [0.15, 0.2) is 0 Å². The third-order valence-electron chi connectivity index (χ3n) is 2.89. The zero-order valence-corrected chi connectivity index (χ0v) is 13.3. The van der Waals surface area contributed by atoms with Crippen LogP contribution in [0.4, 0.5) is 0 Å². The normalized spacial score (nSPS) is 11.5. The van der Waals surface area contributed by atoms with Gasteiger partial charge in [-0.2, -0.15) is 0 Å². The standard InChI is InChI=1S/C14H11ClN4O3S/c15-10-5-1-2-7-12(10)23(20,21)17-9-13-18-19-14(22-13)11-6-3-4-8-16-11/h1-8,17H,9H2. The van der Waals surface area contributed by atoms with Gasteiger partial charge in [-0.3, -0.25) is 4.98 Å². The fraction of sp³-hybridized carbons (Fsp3) is 0.0714. The minimum Gasteiger partial charge on any atom is -0.418 e. The Morgan fingerprint density at radius 1 is 1.09 bits per heavy atom. The zero-order valence-electron chi connectivity index (χ0n) is 11.7. The molecule has 3 aromatic rings. The minimum absolute atomic E-state index is 0.00821. The number of hydrogen-bond acceptors (Lipinski definition) is 6. The molecule has 0 saturated heterocycles. The van der Waals surface area contributed by atoms with Gasteiger partial charge < -0.3 is 4.42 Å². The van der Waals surface area contributed by atoms with Crippen molar-refractivity contribution in [1.29, 1.82) is 0 Å². The Morgan fingerprint density at radius 3 is 2.61 bits per heavy atom. The summed E-state index contributed by atoms with van der Waals surface area (Å²) < 4.78 is 32.2. The number of sulfonamides is 1. The average molecular weight is 351 g/mol. The van der Waals surface area contributed by atoms with E-state index in [0.717, 1.165) is 0 Å². The lowest BCUT2D eigenvalue weighted by Gasteiger charge is -2.06. The minimum atomic E-state index is -3.77. The van der Waals surface area contributed by atoms with Crippen LogP contribution in [-0.2, 0) is 16.6 Å². The predicted octanol–water partition coefficient (Wildman–Crippen LogP) is 2.26. The highest BCUT2D eigenvalue weighted by molar-refractivity contribution is 7.89. The first kappa shape index (κ1) is 15.6. The average Bonchev–Trinajstić information content (AvgIpc) is 3.03.